The van der Waals surface area contributed by atoms with Gasteiger partial charge in [0.15, 0.2) is 0 Å². The highest BCUT2D eigenvalue weighted by Gasteiger charge is 2.15. The molecule has 2 amide bonds. The maximum absolute atomic E-state index is 14.0. The van der Waals surface area contributed by atoms with Crippen molar-refractivity contribution in [1.82, 2.24) is 0 Å². The monoisotopic (exact) mass is 380 g/mol. The first kappa shape index (κ1) is 19.2. The number of rotatable bonds is 4. The predicted octanol–water partition coefficient (Wildman–Crippen LogP) is 5.09. The summed E-state index contributed by atoms with van der Waals surface area (Å²) in [5, 5.41) is 5.12. The van der Waals surface area contributed by atoms with Crippen LogP contribution in [-0.2, 0) is 0 Å². The van der Waals surface area contributed by atoms with Crippen molar-refractivity contribution in [2.75, 3.05) is 10.6 Å². The maximum Gasteiger partial charge on any atom is 0.258 e. The van der Waals surface area contributed by atoms with E-state index >= 15 is 0 Å². The van der Waals surface area contributed by atoms with E-state index in [0.717, 1.165) is 5.56 Å². The number of benzene rings is 3. The molecule has 0 aliphatic heterocycles. The Labute approximate surface area is 161 Å². The van der Waals surface area contributed by atoms with Gasteiger partial charge in [0.05, 0.1) is 11.3 Å². The zero-order valence-corrected chi connectivity index (χ0v) is 15.3. The van der Waals surface area contributed by atoms with E-state index in [0.29, 0.717) is 11.3 Å². The third kappa shape index (κ3) is 4.23. The van der Waals surface area contributed by atoms with Crippen LogP contribution in [0.1, 0.15) is 31.8 Å². The average molecular weight is 380 g/mol. The van der Waals surface area contributed by atoms with Gasteiger partial charge in [-0.05, 0) is 61.4 Å². The molecule has 0 spiro atoms. The Morgan fingerprint density at radius 3 is 2.18 bits per heavy atom. The van der Waals surface area contributed by atoms with E-state index in [1.165, 1.54) is 36.4 Å². The second-order valence-corrected chi connectivity index (χ2v) is 6.40. The number of anilines is 2. The molecule has 3 aromatic rings. The van der Waals surface area contributed by atoms with Crippen molar-refractivity contribution in [2.24, 2.45) is 0 Å². The zero-order chi connectivity index (χ0) is 20.3. The van der Waals surface area contributed by atoms with E-state index in [4.69, 9.17) is 0 Å². The summed E-state index contributed by atoms with van der Waals surface area (Å²) in [6.45, 7) is 3.50. The second-order valence-electron chi connectivity index (χ2n) is 6.40. The first-order valence-corrected chi connectivity index (χ1v) is 8.59. The van der Waals surface area contributed by atoms with Crippen LogP contribution < -0.4 is 10.6 Å². The SMILES string of the molecule is Cc1ccc(NC(=O)c2ccc(C)c(NC(=O)c3ccccc3F)c2)c(F)c1. The van der Waals surface area contributed by atoms with Crippen LogP contribution in [0.15, 0.2) is 60.7 Å². The second kappa shape index (κ2) is 8.00. The molecule has 0 aromatic heterocycles. The van der Waals surface area contributed by atoms with Crippen LogP contribution in [0.3, 0.4) is 0 Å². The number of carbonyl (C=O) groups is 2. The minimum atomic E-state index is -0.638. The van der Waals surface area contributed by atoms with Crippen molar-refractivity contribution in [1.29, 1.82) is 0 Å². The van der Waals surface area contributed by atoms with E-state index in [1.54, 1.807) is 38.1 Å². The van der Waals surface area contributed by atoms with Crippen molar-refractivity contribution in [3.8, 4) is 0 Å². The summed E-state index contributed by atoms with van der Waals surface area (Å²) in [4.78, 5) is 24.8. The topological polar surface area (TPSA) is 58.2 Å². The van der Waals surface area contributed by atoms with Gasteiger partial charge in [-0.3, -0.25) is 9.59 Å². The summed E-state index contributed by atoms with van der Waals surface area (Å²) in [6.07, 6.45) is 0. The maximum atomic E-state index is 14.0. The molecule has 0 fully saturated rings. The van der Waals surface area contributed by atoms with Gasteiger partial charge in [-0.25, -0.2) is 8.78 Å². The number of amides is 2. The Kier molecular flexibility index (Phi) is 5.49. The lowest BCUT2D eigenvalue weighted by Gasteiger charge is -2.12. The Hall–Kier alpha value is -3.54. The molecule has 2 N–H and O–H groups in total. The zero-order valence-electron chi connectivity index (χ0n) is 15.3. The molecule has 0 radical (unpaired) electrons. The molecule has 4 nitrogen and oxygen atoms in total. The predicted molar refractivity (Wildman–Crippen MR) is 105 cm³/mol. The Morgan fingerprint density at radius 2 is 1.46 bits per heavy atom. The van der Waals surface area contributed by atoms with Gasteiger partial charge in [0.2, 0.25) is 0 Å². The van der Waals surface area contributed by atoms with E-state index in [-0.39, 0.29) is 16.8 Å². The summed E-state index contributed by atoms with van der Waals surface area (Å²) in [5.41, 5.74) is 2.00. The quantitative estimate of drug-likeness (QED) is 0.663. The molecule has 0 heterocycles. The van der Waals surface area contributed by atoms with E-state index in [9.17, 15) is 18.4 Å². The van der Waals surface area contributed by atoms with Crippen LogP contribution in [0, 0.1) is 25.5 Å². The number of hydrogen-bond donors (Lipinski definition) is 2. The van der Waals surface area contributed by atoms with Crippen molar-refractivity contribution >= 4 is 23.2 Å². The van der Waals surface area contributed by atoms with Crippen molar-refractivity contribution in [3.05, 3.63) is 94.6 Å². The highest BCUT2D eigenvalue weighted by Crippen LogP contribution is 2.21. The van der Waals surface area contributed by atoms with Gasteiger partial charge < -0.3 is 10.6 Å². The van der Waals surface area contributed by atoms with E-state index < -0.39 is 23.4 Å². The minimum Gasteiger partial charge on any atom is -0.322 e. The fraction of sp³-hybridized carbons (Fsp3) is 0.0909. The summed E-state index contributed by atoms with van der Waals surface area (Å²) in [5.74, 6) is -2.32. The van der Waals surface area contributed by atoms with Crippen LogP contribution >= 0.6 is 0 Å². The molecule has 3 aromatic carbocycles. The van der Waals surface area contributed by atoms with Gasteiger partial charge in [0.1, 0.15) is 11.6 Å². The molecule has 0 atom stereocenters. The first-order chi connectivity index (χ1) is 13.3. The van der Waals surface area contributed by atoms with E-state index in [2.05, 4.69) is 10.6 Å². The number of halogens is 2. The summed E-state index contributed by atoms with van der Waals surface area (Å²) < 4.78 is 27.8. The average Bonchev–Trinajstić information content (AvgIpc) is 2.66. The fourth-order valence-electron chi connectivity index (χ4n) is 2.65. The molecule has 0 saturated heterocycles. The molecule has 0 saturated carbocycles. The van der Waals surface area contributed by atoms with Gasteiger partial charge in [-0.15, -0.1) is 0 Å². The van der Waals surface area contributed by atoms with Gasteiger partial charge >= 0.3 is 0 Å². The third-order valence-electron chi connectivity index (χ3n) is 4.24. The standard InChI is InChI=1S/C22H18F2N2O2/c1-13-7-10-19(18(24)11-13)25-21(27)15-9-8-14(2)20(12-15)26-22(28)16-5-3-4-6-17(16)23/h3-12H,1-2H3,(H,25,27)(H,26,28). The molecule has 142 valence electrons. The molecule has 0 aliphatic carbocycles. The van der Waals surface area contributed by atoms with Crippen LogP contribution in [-0.4, -0.2) is 11.8 Å². The molecular weight excluding hydrogens is 362 g/mol. The van der Waals surface area contributed by atoms with Gasteiger partial charge in [-0.2, -0.15) is 0 Å². The lowest BCUT2D eigenvalue weighted by atomic mass is 10.1. The summed E-state index contributed by atoms with van der Waals surface area (Å²) >= 11 is 0. The number of carbonyl (C=O) groups excluding carboxylic acids is 2. The van der Waals surface area contributed by atoms with E-state index in [1.807, 2.05) is 0 Å². The van der Waals surface area contributed by atoms with Gasteiger partial charge in [0.25, 0.3) is 11.8 Å². The highest BCUT2D eigenvalue weighted by molar-refractivity contribution is 6.07. The normalized spacial score (nSPS) is 10.4. The smallest absolute Gasteiger partial charge is 0.258 e. The molecule has 6 heteroatoms. The molecule has 3 rings (SSSR count). The highest BCUT2D eigenvalue weighted by atomic mass is 19.1. The van der Waals surface area contributed by atoms with Gasteiger partial charge in [-0.1, -0.05) is 24.3 Å². The molecule has 0 bridgehead atoms. The molecule has 0 unspecified atom stereocenters. The lowest BCUT2D eigenvalue weighted by molar-refractivity contribution is 0.101. The van der Waals surface area contributed by atoms with Crippen LogP contribution in [0.5, 0.6) is 0 Å². The Balaban J connectivity index is 1.82. The third-order valence-corrected chi connectivity index (χ3v) is 4.24. The largest absolute Gasteiger partial charge is 0.322 e. The first-order valence-electron chi connectivity index (χ1n) is 8.59. The minimum absolute atomic E-state index is 0.0631. The Bertz CT molecular complexity index is 1060. The molecule has 0 aliphatic rings. The van der Waals surface area contributed by atoms with Crippen molar-refractivity contribution in [2.45, 2.75) is 13.8 Å². The number of aryl methyl sites for hydroxylation is 2. The number of hydrogen-bond acceptors (Lipinski definition) is 2. The lowest BCUT2D eigenvalue weighted by Crippen LogP contribution is -2.17. The summed E-state index contributed by atoms with van der Waals surface area (Å²) in [6, 6.07) is 14.8. The van der Waals surface area contributed by atoms with Gasteiger partial charge in [0, 0.05) is 11.3 Å². The van der Waals surface area contributed by atoms with Crippen LogP contribution in [0.25, 0.3) is 0 Å². The van der Waals surface area contributed by atoms with Crippen molar-refractivity contribution < 1.29 is 18.4 Å². The molecular formula is C22H18F2N2O2. The van der Waals surface area contributed by atoms with Crippen LogP contribution in [0.4, 0.5) is 20.2 Å². The summed E-state index contributed by atoms with van der Waals surface area (Å²) in [7, 11) is 0. The Morgan fingerprint density at radius 1 is 0.750 bits per heavy atom. The number of nitrogens with one attached hydrogen (secondary N) is 2. The fourth-order valence-corrected chi connectivity index (χ4v) is 2.65. The van der Waals surface area contributed by atoms with Crippen molar-refractivity contribution in [3.63, 3.8) is 0 Å². The van der Waals surface area contributed by atoms with Crippen LogP contribution in [0.2, 0.25) is 0 Å². The molecule has 28 heavy (non-hydrogen) atoms.